The van der Waals surface area contributed by atoms with E-state index in [2.05, 4.69) is 54.2 Å². The molecule has 0 aliphatic heterocycles. The summed E-state index contributed by atoms with van der Waals surface area (Å²) in [6.45, 7) is 6.08. The van der Waals surface area contributed by atoms with Crippen LogP contribution < -0.4 is 10.6 Å². The third-order valence-corrected chi connectivity index (χ3v) is 4.82. The van der Waals surface area contributed by atoms with Gasteiger partial charge in [0.05, 0.1) is 5.56 Å². The molecule has 122 valence electrons. The lowest BCUT2D eigenvalue weighted by Crippen LogP contribution is -2.23. The van der Waals surface area contributed by atoms with Crippen LogP contribution in [0.5, 0.6) is 0 Å². The minimum Gasteiger partial charge on any atom is -0.399 e. The predicted molar refractivity (Wildman–Crippen MR) is 97.3 cm³/mol. The third-order valence-electron chi connectivity index (χ3n) is 4.82. The summed E-state index contributed by atoms with van der Waals surface area (Å²) in [5.41, 5.74) is 11.5. The smallest absolute Gasteiger partial charge is 0.176 e. The van der Waals surface area contributed by atoms with E-state index in [1.54, 1.807) is 0 Å². The lowest BCUT2D eigenvalue weighted by Gasteiger charge is -2.21. The molecular formula is C20H21N3O. The molecule has 1 aliphatic carbocycles. The Morgan fingerprint density at radius 3 is 2.54 bits per heavy atom. The van der Waals surface area contributed by atoms with Crippen molar-refractivity contribution in [1.82, 2.24) is 5.16 Å². The van der Waals surface area contributed by atoms with Crippen LogP contribution in [0.2, 0.25) is 0 Å². The SMILES string of the molecule is CCN(CC)c1noc2c1[C@H](c1ccccc1)c1cc(N)ccc1-2. The Morgan fingerprint density at radius 2 is 1.83 bits per heavy atom. The maximum absolute atomic E-state index is 6.07. The van der Waals surface area contributed by atoms with E-state index in [0.717, 1.165) is 41.5 Å². The number of fused-ring (bicyclic) bond motifs is 3. The van der Waals surface area contributed by atoms with Crippen LogP contribution in [0.1, 0.15) is 36.5 Å². The summed E-state index contributed by atoms with van der Waals surface area (Å²) in [5, 5.41) is 4.40. The normalized spacial score (nSPS) is 15.2. The molecule has 4 nitrogen and oxygen atoms in total. The van der Waals surface area contributed by atoms with Gasteiger partial charge in [-0.15, -0.1) is 0 Å². The minimum atomic E-state index is 0.113. The van der Waals surface area contributed by atoms with Gasteiger partial charge in [-0.2, -0.15) is 0 Å². The van der Waals surface area contributed by atoms with Gasteiger partial charge in [-0.05, 0) is 43.2 Å². The maximum Gasteiger partial charge on any atom is 0.176 e. The van der Waals surface area contributed by atoms with Gasteiger partial charge in [-0.3, -0.25) is 0 Å². The highest BCUT2D eigenvalue weighted by molar-refractivity contribution is 5.82. The molecule has 0 saturated carbocycles. The van der Waals surface area contributed by atoms with Crippen LogP contribution in [0.15, 0.2) is 53.1 Å². The van der Waals surface area contributed by atoms with Gasteiger partial charge in [0.25, 0.3) is 0 Å². The van der Waals surface area contributed by atoms with Crippen molar-refractivity contribution in [2.45, 2.75) is 19.8 Å². The molecule has 0 fully saturated rings. The lowest BCUT2D eigenvalue weighted by molar-refractivity contribution is 0.432. The zero-order valence-corrected chi connectivity index (χ0v) is 14.0. The number of nitrogen functional groups attached to an aromatic ring is 1. The standard InChI is InChI=1S/C20H21N3O/c1-3-23(4-2)20-18-17(13-8-6-5-7-9-13)16-12-14(21)10-11-15(16)19(18)24-22-20/h5-12,17H,3-4,21H2,1-2H3/t17-/m1/s1. The quantitative estimate of drug-likeness (QED) is 0.571. The fraction of sp³-hybridized carbons (Fsp3) is 0.250. The molecule has 2 N–H and O–H groups in total. The van der Waals surface area contributed by atoms with Gasteiger partial charge in [0.1, 0.15) is 0 Å². The molecule has 24 heavy (non-hydrogen) atoms. The first-order valence-electron chi connectivity index (χ1n) is 8.43. The van der Waals surface area contributed by atoms with Crippen LogP contribution >= 0.6 is 0 Å². The molecule has 0 unspecified atom stereocenters. The highest BCUT2D eigenvalue weighted by Gasteiger charge is 2.38. The number of aromatic nitrogens is 1. The number of hydrogen-bond acceptors (Lipinski definition) is 4. The van der Waals surface area contributed by atoms with Crippen molar-refractivity contribution < 1.29 is 4.52 Å². The Balaban J connectivity index is 1.97. The summed E-state index contributed by atoms with van der Waals surface area (Å²) in [7, 11) is 0. The summed E-state index contributed by atoms with van der Waals surface area (Å²) in [4.78, 5) is 2.24. The molecule has 0 spiro atoms. The molecule has 1 heterocycles. The highest BCUT2D eigenvalue weighted by atomic mass is 16.5. The van der Waals surface area contributed by atoms with Crippen LogP contribution in [0.4, 0.5) is 11.5 Å². The Bertz CT molecular complexity index is 866. The fourth-order valence-corrected chi connectivity index (χ4v) is 3.67. The van der Waals surface area contributed by atoms with Gasteiger partial charge >= 0.3 is 0 Å². The molecule has 1 aromatic heterocycles. The van der Waals surface area contributed by atoms with Gasteiger partial charge in [0.2, 0.25) is 0 Å². The number of rotatable bonds is 4. The monoisotopic (exact) mass is 319 g/mol. The second-order valence-electron chi connectivity index (χ2n) is 6.11. The third kappa shape index (κ3) is 2.10. The van der Waals surface area contributed by atoms with E-state index in [-0.39, 0.29) is 5.92 Å². The van der Waals surface area contributed by atoms with Crippen molar-refractivity contribution >= 4 is 11.5 Å². The second kappa shape index (κ2) is 5.71. The molecule has 1 atom stereocenters. The van der Waals surface area contributed by atoms with Crippen molar-refractivity contribution in [3.8, 4) is 11.3 Å². The van der Waals surface area contributed by atoms with E-state index in [4.69, 9.17) is 10.3 Å². The summed E-state index contributed by atoms with van der Waals surface area (Å²) in [6.07, 6.45) is 0. The van der Waals surface area contributed by atoms with Gasteiger partial charge in [-0.25, -0.2) is 0 Å². The topological polar surface area (TPSA) is 55.3 Å². The Hall–Kier alpha value is -2.75. The van der Waals surface area contributed by atoms with Crippen LogP contribution in [-0.2, 0) is 0 Å². The van der Waals surface area contributed by atoms with Crippen molar-refractivity contribution in [2.24, 2.45) is 0 Å². The van der Waals surface area contributed by atoms with Crippen molar-refractivity contribution in [1.29, 1.82) is 0 Å². The zero-order chi connectivity index (χ0) is 16.7. The molecular weight excluding hydrogens is 298 g/mol. The van der Waals surface area contributed by atoms with Crippen molar-refractivity contribution in [3.05, 3.63) is 65.2 Å². The summed E-state index contributed by atoms with van der Waals surface area (Å²) < 4.78 is 5.78. The number of benzene rings is 2. The second-order valence-corrected chi connectivity index (χ2v) is 6.11. The lowest BCUT2D eigenvalue weighted by atomic mass is 9.89. The minimum absolute atomic E-state index is 0.113. The van der Waals surface area contributed by atoms with E-state index in [1.165, 1.54) is 11.1 Å². The largest absolute Gasteiger partial charge is 0.399 e. The number of nitrogens with two attached hydrogens (primary N) is 1. The number of anilines is 2. The molecule has 4 rings (SSSR count). The number of nitrogens with zero attached hydrogens (tertiary/aromatic N) is 2. The molecule has 4 heteroatoms. The Kier molecular flexibility index (Phi) is 3.53. The Morgan fingerprint density at radius 1 is 1.08 bits per heavy atom. The first-order valence-corrected chi connectivity index (χ1v) is 8.43. The van der Waals surface area contributed by atoms with Gasteiger partial charge < -0.3 is 15.2 Å². The molecule has 0 saturated heterocycles. The van der Waals surface area contributed by atoms with Crippen LogP contribution in [0, 0.1) is 0 Å². The first kappa shape index (κ1) is 14.8. The van der Waals surface area contributed by atoms with E-state index in [9.17, 15) is 0 Å². The van der Waals surface area contributed by atoms with E-state index >= 15 is 0 Å². The van der Waals surface area contributed by atoms with E-state index < -0.39 is 0 Å². The summed E-state index contributed by atoms with van der Waals surface area (Å²) in [6, 6.07) is 16.5. The Labute approximate surface area is 141 Å². The molecule has 0 bridgehead atoms. The average molecular weight is 319 g/mol. The summed E-state index contributed by atoms with van der Waals surface area (Å²) >= 11 is 0. The maximum atomic E-state index is 6.07. The van der Waals surface area contributed by atoms with Gasteiger partial charge in [-0.1, -0.05) is 35.5 Å². The zero-order valence-electron chi connectivity index (χ0n) is 14.0. The van der Waals surface area contributed by atoms with Crippen molar-refractivity contribution in [3.63, 3.8) is 0 Å². The molecule has 2 aromatic carbocycles. The van der Waals surface area contributed by atoms with Crippen LogP contribution in [-0.4, -0.2) is 18.2 Å². The predicted octanol–water partition coefficient (Wildman–Crippen LogP) is 4.26. The van der Waals surface area contributed by atoms with E-state index in [0.29, 0.717) is 0 Å². The molecule has 3 aromatic rings. The average Bonchev–Trinajstić information content (AvgIpc) is 3.15. The van der Waals surface area contributed by atoms with Gasteiger partial charge in [0, 0.05) is 30.3 Å². The van der Waals surface area contributed by atoms with Crippen LogP contribution in [0.25, 0.3) is 11.3 Å². The molecule has 0 radical (unpaired) electrons. The first-order chi connectivity index (χ1) is 11.7. The van der Waals surface area contributed by atoms with E-state index in [1.807, 2.05) is 18.2 Å². The molecule has 1 aliphatic rings. The number of hydrogen-bond donors (Lipinski definition) is 1. The highest BCUT2D eigenvalue weighted by Crippen LogP contribution is 2.52. The fourth-order valence-electron chi connectivity index (χ4n) is 3.67. The summed E-state index contributed by atoms with van der Waals surface area (Å²) in [5.74, 6) is 1.93. The van der Waals surface area contributed by atoms with Gasteiger partial charge in [0.15, 0.2) is 11.6 Å². The van der Waals surface area contributed by atoms with Crippen molar-refractivity contribution in [2.75, 3.05) is 23.7 Å². The van der Waals surface area contributed by atoms with Crippen LogP contribution in [0.3, 0.4) is 0 Å². The molecule has 0 amide bonds.